The summed E-state index contributed by atoms with van der Waals surface area (Å²) in [6.45, 7) is 2.80. The number of aromatic hydroxyl groups is 1. The summed E-state index contributed by atoms with van der Waals surface area (Å²) in [5, 5.41) is 14.9. The largest absolute Gasteiger partial charge is 0.494 e. The van der Waals surface area contributed by atoms with Gasteiger partial charge in [0.15, 0.2) is 16.3 Å². The minimum absolute atomic E-state index is 0.124. The predicted molar refractivity (Wildman–Crippen MR) is 102 cm³/mol. The molecule has 0 saturated heterocycles. The van der Waals surface area contributed by atoms with Gasteiger partial charge in [-0.3, -0.25) is 14.3 Å². The highest BCUT2D eigenvalue weighted by Gasteiger charge is 2.28. The molecule has 27 heavy (non-hydrogen) atoms. The molecule has 0 amide bonds. The van der Waals surface area contributed by atoms with Crippen LogP contribution in [0.1, 0.15) is 43.4 Å². The van der Waals surface area contributed by atoms with Gasteiger partial charge in [0.25, 0.3) is 5.56 Å². The number of nitrogens with zero attached hydrogens (tertiary/aromatic N) is 2. The van der Waals surface area contributed by atoms with Crippen molar-refractivity contribution in [3.8, 4) is 17.4 Å². The lowest BCUT2D eigenvalue weighted by Crippen LogP contribution is -2.22. The number of aromatic nitrogens is 2. The third kappa shape index (κ3) is 3.18. The fraction of sp³-hybridized carbons (Fsp3) is 0.389. The number of fused-ring (bicyclic) bond motifs is 1. The maximum Gasteiger partial charge on any atom is 0.264 e. The Morgan fingerprint density at radius 1 is 1.37 bits per heavy atom. The molecular formula is C18H20N4O4S. The molecule has 1 unspecified atom stereocenters. The summed E-state index contributed by atoms with van der Waals surface area (Å²) >= 11 is 5.19. The SMILES string of the molecule is CCCCn1c(O)c(C2=NNC(c3ccc4c(c3)OCO4)C2)c(=O)[nH]c1=S. The first kappa shape index (κ1) is 17.6. The molecule has 2 aliphatic heterocycles. The molecule has 9 heteroatoms. The summed E-state index contributed by atoms with van der Waals surface area (Å²) in [4.78, 5) is 15.1. The van der Waals surface area contributed by atoms with Gasteiger partial charge in [-0.05, 0) is 36.3 Å². The van der Waals surface area contributed by atoms with Crippen LogP contribution in [0.4, 0.5) is 0 Å². The molecule has 1 aromatic heterocycles. The van der Waals surface area contributed by atoms with Crippen LogP contribution in [0.5, 0.6) is 17.4 Å². The van der Waals surface area contributed by atoms with Gasteiger partial charge >= 0.3 is 0 Å². The number of benzene rings is 1. The summed E-state index contributed by atoms with van der Waals surface area (Å²) in [7, 11) is 0. The molecule has 1 atom stereocenters. The van der Waals surface area contributed by atoms with Crippen LogP contribution in [0, 0.1) is 4.77 Å². The Bertz CT molecular complexity index is 1030. The van der Waals surface area contributed by atoms with Crippen molar-refractivity contribution in [1.29, 1.82) is 0 Å². The zero-order valence-corrected chi connectivity index (χ0v) is 15.6. The number of H-pyrrole nitrogens is 1. The van der Waals surface area contributed by atoms with Crippen molar-refractivity contribution in [2.75, 3.05) is 6.79 Å². The first-order valence-electron chi connectivity index (χ1n) is 8.86. The van der Waals surface area contributed by atoms with Gasteiger partial charge in [0, 0.05) is 13.0 Å². The first-order valence-corrected chi connectivity index (χ1v) is 9.27. The second kappa shape index (κ2) is 7.07. The van der Waals surface area contributed by atoms with Crippen LogP contribution in [-0.2, 0) is 6.54 Å². The van der Waals surface area contributed by atoms with Crippen molar-refractivity contribution in [3.63, 3.8) is 0 Å². The summed E-state index contributed by atoms with van der Waals surface area (Å²) in [5.74, 6) is 1.27. The van der Waals surface area contributed by atoms with Gasteiger partial charge in [0.05, 0.1) is 11.8 Å². The van der Waals surface area contributed by atoms with Crippen molar-refractivity contribution in [1.82, 2.24) is 15.0 Å². The normalized spacial score (nSPS) is 17.7. The molecular weight excluding hydrogens is 368 g/mol. The van der Waals surface area contributed by atoms with Gasteiger partial charge in [-0.1, -0.05) is 19.4 Å². The molecule has 3 N–H and O–H groups in total. The van der Waals surface area contributed by atoms with E-state index in [4.69, 9.17) is 21.7 Å². The molecule has 1 aromatic carbocycles. The smallest absolute Gasteiger partial charge is 0.264 e. The minimum atomic E-state index is -0.433. The number of aromatic amines is 1. The van der Waals surface area contributed by atoms with Crippen LogP contribution in [0.3, 0.4) is 0 Å². The number of unbranched alkanes of at least 4 members (excludes halogenated alkanes) is 1. The van der Waals surface area contributed by atoms with Crippen molar-refractivity contribution in [3.05, 3.63) is 44.5 Å². The average molecular weight is 388 g/mol. The van der Waals surface area contributed by atoms with Crippen molar-refractivity contribution < 1.29 is 14.6 Å². The number of hydrogen-bond acceptors (Lipinski definition) is 7. The van der Waals surface area contributed by atoms with Crippen molar-refractivity contribution in [2.24, 2.45) is 5.10 Å². The van der Waals surface area contributed by atoms with Crippen molar-refractivity contribution in [2.45, 2.75) is 38.8 Å². The van der Waals surface area contributed by atoms with Gasteiger partial charge in [-0.2, -0.15) is 5.10 Å². The quantitative estimate of drug-likeness (QED) is 0.681. The van der Waals surface area contributed by atoms with E-state index in [0.717, 1.165) is 18.4 Å². The Hall–Kier alpha value is -2.81. The van der Waals surface area contributed by atoms with Gasteiger partial charge in [0.2, 0.25) is 12.7 Å². The summed E-state index contributed by atoms with van der Waals surface area (Å²) in [5.41, 5.74) is 4.23. The van der Waals surface area contributed by atoms with E-state index in [1.165, 1.54) is 0 Å². The van der Waals surface area contributed by atoms with E-state index < -0.39 is 5.56 Å². The minimum Gasteiger partial charge on any atom is -0.494 e. The fourth-order valence-electron chi connectivity index (χ4n) is 3.26. The van der Waals surface area contributed by atoms with Crippen LogP contribution >= 0.6 is 12.2 Å². The number of hydrazone groups is 1. The van der Waals surface area contributed by atoms with Crippen LogP contribution < -0.4 is 20.5 Å². The number of hydrogen-bond donors (Lipinski definition) is 3. The molecule has 0 bridgehead atoms. The van der Waals surface area contributed by atoms with Crippen LogP contribution in [-0.4, -0.2) is 27.2 Å². The van der Waals surface area contributed by atoms with E-state index >= 15 is 0 Å². The van der Waals surface area contributed by atoms with Gasteiger partial charge in [0.1, 0.15) is 5.56 Å². The van der Waals surface area contributed by atoms with E-state index in [1.54, 1.807) is 4.57 Å². The van der Waals surface area contributed by atoms with Gasteiger partial charge < -0.3 is 20.0 Å². The van der Waals surface area contributed by atoms with Crippen molar-refractivity contribution >= 4 is 17.9 Å². The molecule has 0 spiro atoms. The summed E-state index contributed by atoms with van der Waals surface area (Å²) in [6.07, 6.45) is 2.25. The monoisotopic (exact) mass is 388 g/mol. The third-order valence-corrected chi connectivity index (χ3v) is 5.07. The highest BCUT2D eigenvalue weighted by molar-refractivity contribution is 7.71. The molecule has 0 aliphatic carbocycles. The lowest BCUT2D eigenvalue weighted by molar-refractivity contribution is 0.174. The fourth-order valence-corrected chi connectivity index (χ4v) is 3.53. The number of rotatable bonds is 5. The highest BCUT2D eigenvalue weighted by Crippen LogP contribution is 2.36. The van der Waals surface area contributed by atoms with E-state index in [2.05, 4.69) is 15.5 Å². The molecule has 2 aliphatic rings. The molecule has 142 valence electrons. The van der Waals surface area contributed by atoms with Crippen LogP contribution in [0.25, 0.3) is 0 Å². The second-order valence-electron chi connectivity index (χ2n) is 6.52. The van der Waals surface area contributed by atoms with Gasteiger partial charge in [-0.25, -0.2) is 0 Å². The van der Waals surface area contributed by atoms with E-state index in [-0.39, 0.29) is 29.0 Å². The Morgan fingerprint density at radius 3 is 3.00 bits per heavy atom. The van der Waals surface area contributed by atoms with Crippen LogP contribution in [0.15, 0.2) is 28.1 Å². The number of nitrogens with one attached hydrogen (secondary N) is 2. The first-order chi connectivity index (χ1) is 13.1. The third-order valence-electron chi connectivity index (χ3n) is 4.75. The highest BCUT2D eigenvalue weighted by atomic mass is 32.1. The Labute approximate surface area is 160 Å². The summed E-state index contributed by atoms with van der Waals surface area (Å²) in [6, 6.07) is 5.56. The summed E-state index contributed by atoms with van der Waals surface area (Å²) < 4.78 is 12.5. The number of ether oxygens (including phenoxy) is 2. The topological polar surface area (TPSA) is 101 Å². The molecule has 4 rings (SSSR count). The Morgan fingerprint density at radius 2 is 2.19 bits per heavy atom. The molecule has 0 saturated carbocycles. The van der Waals surface area contributed by atoms with Gasteiger partial charge in [-0.15, -0.1) is 0 Å². The molecule has 3 heterocycles. The zero-order valence-electron chi connectivity index (χ0n) is 14.8. The van der Waals surface area contributed by atoms with Crippen LogP contribution in [0.2, 0.25) is 0 Å². The predicted octanol–water partition coefficient (Wildman–Crippen LogP) is 2.58. The Kier molecular flexibility index (Phi) is 4.61. The molecule has 0 radical (unpaired) electrons. The standard InChI is InChI=1S/C18H20N4O4S/c1-2-3-6-22-17(24)15(16(23)19-18(22)27)12-8-11(20-21-12)10-4-5-13-14(7-10)26-9-25-13/h4-5,7,11,20,24H,2-3,6,8-9H2,1H3,(H,19,23,27). The lowest BCUT2D eigenvalue weighted by atomic mass is 9.99. The average Bonchev–Trinajstić information content (AvgIpc) is 3.30. The van der Waals surface area contributed by atoms with E-state index in [1.807, 2.05) is 25.1 Å². The maximum atomic E-state index is 12.4. The zero-order chi connectivity index (χ0) is 19.0. The lowest BCUT2D eigenvalue weighted by Gasteiger charge is -2.13. The Balaban J connectivity index is 1.62. The van der Waals surface area contributed by atoms with E-state index in [9.17, 15) is 9.90 Å². The molecule has 0 fully saturated rings. The maximum absolute atomic E-state index is 12.4. The molecule has 2 aromatic rings. The molecule has 8 nitrogen and oxygen atoms in total. The van der Waals surface area contributed by atoms with E-state index in [0.29, 0.717) is 30.2 Å². The second-order valence-corrected chi connectivity index (χ2v) is 6.91.